The van der Waals surface area contributed by atoms with Gasteiger partial charge in [0.25, 0.3) is 0 Å². The normalized spacial score (nSPS) is 9.87. The summed E-state index contributed by atoms with van der Waals surface area (Å²) in [6.07, 6.45) is 0. The summed E-state index contributed by atoms with van der Waals surface area (Å²) in [6, 6.07) is 21.0. The Bertz CT molecular complexity index is 936. The lowest BCUT2D eigenvalue weighted by Crippen LogP contribution is -2.01. The molecule has 0 atom stereocenters. The van der Waals surface area contributed by atoms with Gasteiger partial charge in [-0.3, -0.25) is 0 Å². The van der Waals surface area contributed by atoms with Gasteiger partial charge in [-0.2, -0.15) is 10.5 Å². The molecule has 0 aliphatic carbocycles. The summed E-state index contributed by atoms with van der Waals surface area (Å²) in [5, 5.41) is 18.4. The van der Waals surface area contributed by atoms with Crippen molar-refractivity contribution in [3.05, 3.63) is 70.5 Å². The molecular formula is C18H9BrN4. The fourth-order valence-electron chi connectivity index (χ4n) is 2.20. The van der Waals surface area contributed by atoms with E-state index in [1.807, 2.05) is 66.7 Å². The van der Waals surface area contributed by atoms with Crippen molar-refractivity contribution < 1.29 is 0 Å². The predicted molar refractivity (Wildman–Crippen MR) is 90.0 cm³/mol. The Balaban J connectivity index is 2.31. The first-order valence-corrected chi connectivity index (χ1v) is 7.56. The minimum absolute atomic E-state index is 0.0325. The highest BCUT2D eigenvalue weighted by Gasteiger charge is 2.16. The van der Waals surface area contributed by atoms with Crippen molar-refractivity contribution in [1.29, 1.82) is 10.5 Å². The van der Waals surface area contributed by atoms with E-state index in [1.54, 1.807) is 0 Å². The molecule has 0 unspecified atom stereocenters. The molecule has 1 heterocycles. The van der Waals surface area contributed by atoms with Gasteiger partial charge in [0.1, 0.15) is 12.1 Å². The molecule has 108 valence electrons. The highest BCUT2D eigenvalue weighted by Crippen LogP contribution is 2.30. The second kappa shape index (κ2) is 6.39. The number of hydrogen-bond donors (Lipinski definition) is 0. The lowest BCUT2D eigenvalue weighted by Gasteiger charge is -2.10. The molecular weight excluding hydrogens is 352 g/mol. The maximum atomic E-state index is 9.22. The highest BCUT2D eigenvalue weighted by molar-refractivity contribution is 9.10. The molecule has 5 heteroatoms. The van der Waals surface area contributed by atoms with Gasteiger partial charge in [0.2, 0.25) is 0 Å². The van der Waals surface area contributed by atoms with Crippen LogP contribution in [0.3, 0.4) is 0 Å². The molecule has 4 nitrogen and oxygen atoms in total. The first-order valence-electron chi connectivity index (χ1n) is 6.76. The second-order valence-corrected chi connectivity index (χ2v) is 5.63. The van der Waals surface area contributed by atoms with Crippen LogP contribution in [0.2, 0.25) is 0 Å². The first kappa shape index (κ1) is 14.9. The highest BCUT2D eigenvalue weighted by atomic mass is 79.9. The zero-order valence-corrected chi connectivity index (χ0v) is 13.4. The van der Waals surface area contributed by atoms with Crippen LogP contribution in [0.5, 0.6) is 0 Å². The van der Waals surface area contributed by atoms with Crippen LogP contribution in [0.15, 0.2) is 59.1 Å². The molecule has 3 rings (SSSR count). The lowest BCUT2D eigenvalue weighted by molar-refractivity contribution is 1.14. The molecule has 0 bridgehead atoms. The van der Waals surface area contributed by atoms with Gasteiger partial charge in [-0.15, -0.1) is 0 Å². The van der Waals surface area contributed by atoms with E-state index in [-0.39, 0.29) is 11.4 Å². The Labute approximate surface area is 141 Å². The number of rotatable bonds is 2. The Morgan fingerprint density at radius 1 is 0.696 bits per heavy atom. The average Bonchev–Trinajstić information content (AvgIpc) is 2.62. The van der Waals surface area contributed by atoms with Crippen LogP contribution in [-0.4, -0.2) is 9.97 Å². The van der Waals surface area contributed by atoms with Crippen molar-refractivity contribution in [1.82, 2.24) is 9.97 Å². The molecule has 0 amide bonds. The monoisotopic (exact) mass is 360 g/mol. The summed E-state index contributed by atoms with van der Waals surface area (Å²) in [7, 11) is 0. The third kappa shape index (κ3) is 2.96. The molecule has 2 aromatic carbocycles. The van der Waals surface area contributed by atoms with Crippen LogP contribution in [-0.2, 0) is 0 Å². The molecule has 23 heavy (non-hydrogen) atoms. The van der Waals surface area contributed by atoms with Crippen molar-refractivity contribution in [3.8, 4) is 34.7 Å². The third-order valence-corrected chi connectivity index (χ3v) is 3.80. The number of benzene rings is 2. The predicted octanol–water partition coefficient (Wildman–Crippen LogP) is 4.32. The summed E-state index contributed by atoms with van der Waals surface area (Å²) < 4.78 is 0.949. The van der Waals surface area contributed by atoms with E-state index in [0.29, 0.717) is 11.4 Å². The SMILES string of the molecule is N#Cc1nc(-c2ccccc2)c(-c2ccc(Br)cc2)nc1C#N. The molecule has 0 spiro atoms. The van der Waals surface area contributed by atoms with E-state index in [4.69, 9.17) is 0 Å². The van der Waals surface area contributed by atoms with Crippen LogP contribution in [0.1, 0.15) is 11.4 Å². The topological polar surface area (TPSA) is 73.4 Å². The second-order valence-electron chi connectivity index (χ2n) is 4.71. The molecule has 1 aromatic heterocycles. The Kier molecular flexibility index (Phi) is 4.14. The molecule has 3 aromatic rings. The van der Waals surface area contributed by atoms with Crippen molar-refractivity contribution >= 4 is 15.9 Å². The summed E-state index contributed by atoms with van der Waals surface area (Å²) in [6.45, 7) is 0. The van der Waals surface area contributed by atoms with E-state index < -0.39 is 0 Å². The van der Waals surface area contributed by atoms with Crippen LogP contribution in [0.25, 0.3) is 22.5 Å². The fourth-order valence-corrected chi connectivity index (χ4v) is 2.46. The van der Waals surface area contributed by atoms with Crippen LogP contribution >= 0.6 is 15.9 Å². The Morgan fingerprint density at radius 3 is 1.65 bits per heavy atom. The summed E-state index contributed by atoms with van der Waals surface area (Å²) in [5.41, 5.74) is 2.92. The van der Waals surface area contributed by atoms with Crippen molar-refractivity contribution in [2.24, 2.45) is 0 Å². The van der Waals surface area contributed by atoms with Gasteiger partial charge in [0, 0.05) is 15.6 Å². The van der Waals surface area contributed by atoms with Crippen LogP contribution in [0.4, 0.5) is 0 Å². The summed E-state index contributed by atoms with van der Waals surface area (Å²) in [5.74, 6) is 0. The largest absolute Gasteiger partial charge is 0.232 e. The fraction of sp³-hybridized carbons (Fsp3) is 0. The molecule has 0 aliphatic rings. The van der Waals surface area contributed by atoms with Gasteiger partial charge in [-0.25, -0.2) is 9.97 Å². The Hall–Kier alpha value is -3.02. The summed E-state index contributed by atoms with van der Waals surface area (Å²) >= 11 is 3.40. The van der Waals surface area contributed by atoms with E-state index in [0.717, 1.165) is 15.6 Å². The molecule has 0 fully saturated rings. The van der Waals surface area contributed by atoms with E-state index in [2.05, 4.69) is 25.9 Å². The van der Waals surface area contributed by atoms with Gasteiger partial charge < -0.3 is 0 Å². The first-order chi connectivity index (χ1) is 11.2. The molecule has 0 aliphatic heterocycles. The van der Waals surface area contributed by atoms with Gasteiger partial charge in [0.15, 0.2) is 11.4 Å². The number of nitriles is 2. The van der Waals surface area contributed by atoms with E-state index in [1.165, 1.54) is 0 Å². The van der Waals surface area contributed by atoms with Crippen LogP contribution in [0, 0.1) is 22.7 Å². The lowest BCUT2D eigenvalue weighted by atomic mass is 10.0. The van der Waals surface area contributed by atoms with Crippen molar-refractivity contribution in [2.75, 3.05) is 0 Å². The number of aromatic nitrogens is 2. The van der Waals surface area contributed by atoms with Crippen LogP contribution < -0.4 is 0 Å². The molecule has 0 radical (unpaired) electrons. The number of hydrogen-bond acceptors (Lipinski definition) is 4. The summed E-state index contributed by atoms with van der Waals surface area (Å²) in [4.78, 5) is 8.75. The molecule has 0 saturated carbocycles. The quantitative estimate of drug-likeness (QED) is 0.682. The van der Waals surface area contributed by atoms with Gasteiger partial charge >= 0.3 is 0 Å². The smallest absolute Gasteiger partial charge is 0.177 e. The number of halogens is 1. The van der Waals surface area contributed by atoms with Gasteiger partial charge in [0.05, 0.1) is 11.4 Å². The van der Waals surface area contributed by atoms with Gasteiger partial charge in [-0.05, 0) is 12.1 Å². The van der Waals surface area contributed by atoms with Gasteiger partial charge in [-0.1, -0.05) is 58.4 Å². The molecule has 0 N–H and O–H groups in total. The number of nitrogens with zero attached hydrogens (tertiary/aromatic N) is 4. The van der Waals surface area contributed by atoms with Crippen molar-refractivity contribution in [3.63, 3.8) is 0 Å². The maximum absolute atomic E-state index is 9.22. The standard InChI is InChI=1S/C18H9BrN4/c19-14-8-6-13(7-9-14)18-17(12-4-2-1-3-5-12)22-15(10-20)16(11-21)23-18/h1-9H. The molecule has 0 saturated heterocycles. The van der Waals surface area contributed by atoms with Crippen molar-refractivity contribution in [2.45, 2.75) is 0 Å². The minimum Gasteiger partial charge on any atom is -0.232 e. The zero-order valence-electron chi connectivity index (χ0n) is 11.9. The maximum Gasteiger partial charge on any atom is 0.177 e. The minimum atomic E-state index is 0.0325. The zero-order chi connectivity index (χ0) is 16.2. The Morgan fingerprint density at radius 2 is 1.17 bits per heavy atom. The third-order valence-electron chi connectivity index (χ3n) is 3.27. The average molecular weight is 361 g/mol. The van der Waals surface area contributed by atoms with E-state index in [9.17, 15) is 10.5 Å². The van der Waals surface area contributed by atoms with E-state index >= 15 is 0 Å².